The van der Waals surface area contributed by atoms with Gasteiger partial charge in [-0.25, -0.2) is 8.42 Å². The summed E-state index contributed by atoms with van der Waals surface area (Å²) >= 11 is 0. The lowest BCUT2D eigenvalue weighted by atomic mass is 10.1. The second-order valence-electron chi connectivity index (χ2n) is 8.18. The highest BCUT2D eigenvalue weighted by Gasteiger charge is 2.32. The summed E-state index contributed by atoms with van der Waals surface area (Å²) in [7, 11) is -3.34. The van der Waals surface area contributed by atoms with Gasteiger partial charge in [0.2, 0.25) is 10.0 Å². The molecular weight excluding hydrogens is 394 g/mol. The summed E-state index contributed by atoms with van der Waals surface area (Å²) in [6, 6.07) is 1.86. The van der Waals surface area contributed by atoms with E-state index in [1.807, 2.05) is 13.0 Å². The Morgan fingerprint density at radius 2 is 1.86 bits per heavy atom. The Labute approximate surface area is 172 Å². The van der Waals surface area contributed by atoms with Crippen molar-refractivity contribution < 1.29 is 17.9 Å². The van der Waals surface area contributed by atoms with E-state index in [1.165, 1.54) is 4.31 Å². The molecule has 1 atom stereocenters. The van der Waals surface area contributed by atoms with Gasteiger partial charge >= 0.3 is 0 Å². The molecule has 8 nitrogen and oxygen atoms in total. The monoisotopic (exact) mass is 425 g/mol. The number of rotatable bonds is 5. The van der Waals surface area contributed by atoms with Crippen LogP contribution in [-0.2, 0) is 21.3 Å². The summed E-state index contributed by atoms with van der Waals surface area (Å²) in [5, 5.41) is -0.492. The maximum absolute atomic E-state index is 13.1. The van der Waals surface area contributed by atoms with Crippen LogP contribution in [0.15, 0.2) is 10.9 Å². The second kappa shape index (κ2) is 8.57. The molecule has 0 N–H and O–H groups in total. The fraction of sp³-hybridized carbons (Fsp3) is 0.700. The lowest BCUT2D eigenvalue weighted by Crippen LogP contribution is -2.52. The van der Waals surface area contributed by atoms with Crippen molar-refractivity contribution in [2.24, 2.45) is 0 Å². The molecule has 0 radical (unpaired) electrons. The number of sulfonamides is 1. The molecule has 1 amide bonds. The smallest absolute Gasteiger partial charge is 0.263 e. The quantitative estimate of drug-likeness (QED) is 0.706. The molecule has 9 heteroatoms. The van der Waals surface area contributed by atoms with Gasteiger partial charge in [0, 0.05) is 38.5 Å². The molecule has 3 rings (SSSR count). The van der Waals surface area contributed by atoms with Crippen LogP contribution in [0.1, 0.15) is 48.3 Å². The van der Waals surface area contributed by atoms with Gasteiger partial charge in [0.25, 0.3) is 11.5 Å². The van der Waals surface area contributed by atoms with E-state index in [4.69, 9.17) is 4.74 Å². The third-order valence-corrected chi connectivity index (χ3v) is 8.09. The largest absolute Gasteiger partial charge is 0.376 e. The number of nitrogens with zero attached hydrogens (tertiary/aromatic N) is 3. The number of ether oxygens (including phenoxy) is 1. The number of piperazine rings is 1. The van der Waals surface area contributed by atoms with Crippen molar-refractivity contribution in [3.8, 4) is 0 Å². The van der Waals surface area contributed by atoms with E-state index in [0.29, 0.717) is 18.7 Å². The lowest BCUT2D eigenvalue weighted by molar-refractivity contribution is 0.0691. The third kappa shape index (κ3) is 4.41. The normalized spacial score (nSPS) is 21.1. The summed E-state index contributed by atoms with van der Waals surface area (Å²) < 4.78 is 33.4. The molecule has 0 aliphatic carbocycles. The first kappa shape index (κ1) is 22.0. The summed E-state index contributed by atoms with van der Waals surface area (Å²) in [5.41, 5.74) is 1.35. The van der Waals surface area contributed by atoms with Crippen LogP contribution in [0.25, 0.3) is 0 Å². The zero-order valence-electron chi connectivity index (χ0n) is 17.7. The van der Waals surface area contributed by atoms with E-state index in [2.05, 4.69) is 0 Å². The minimum Gasteiger partial charge on any atom is -0.376 e. The summed E-state index contributed by atoms with van der Waals surface area (Å²) in [6.07, 6.45) is 1.90. The van der Waals surface area contributed by atoms with Gasteiger partial charge in [-0.15, -0.1) is 0 Å². The Bertz CT molecular complexity index is 924. The van der Waals surface area contributed by atoms with Gasteiger partial charge < -0.3 is 14.2 Å². The van der Waals surface area contributed by atoms with E-state index in [9.17, 15) is 18.0 Å². The molecule has 0 unspecified atom stereocenters. The molecule has 2 saturated heterocycles. The molecule has 29 heavy (non-hydrogen) atoms. The molecule has 2 aliphatic rings. The van der Waals surface area contributed by atoms with E-state index in [-0.39, 0.29) is 49.3 Å². The molecule has 2 fully saturated rings. The van der Waals surface area contributed by atoms with Gasteiger partial charge in [-0.3, -0.25) is 9.59 Å². The number of amides is 1. The lowest BCUT2D eigenvalue weighted by Gasteiger charge is -2.35. The fourth-order valence-electron chi connectivity index (χ4n) is 4.01. The van der Waals surface area contributed by atoms with Gasteiger partial charge in [0.1, 0.15) is 5.56 Å². The Morgan fingerprint density at radius 3 is 2.41 bits per heavy atom. The maximum Gasteiger partial charge on any atom is 0.263 e. The van der Waals surface area contributed by atoms with E-state index < -0.39 is 15.3 Å². The zero-order valence-corrected chi connectivity index (χ0v) is 18.5. The first-order chi connectivity index (χ1) is 13.6. The standard InChI is InChI=1S/C20H31N3O5S/c1-14(2)29(26,27)22-9-7-21(8-10-22)19(24)18-15(3)12-16(4)23(20(18)25)13-17-6-5-11-28-17/h12,14,17H,5-11,13H2,1-4H3/t17-/m1/s1. The molecule has 0 bridgehead atoms. The van der Waals surface area contributed by atoms with Gasteiger partial charge in [-0.2, -0.15) is 4.31 Å². The first-order valence-electron chi connectivity index (χ1n) is 10.2. The van der Waals surface area contributed by atoms with Crippen LogP contribution in [0, 0.1) is 13.8 Å². The van der Waals surface area contributed by atoms with E-state index in [1.54, 1.807) is 30.2 Å². The topological polar surface area (TPSA) is 88.9 Å². The van der Waals surface area contributed by atoms with Crippen molar-refractivity contribution in [2.75, 3.05) is 32.8 Å². The number of hydrogen-bond acceptors (Lipinski definition) is 5. The van der Waals surface area contributed by atoms with Gasteiger partial charge in [-0.1, -0.05) is 0 Å². The average Bonchev–Trinajstić information content (AvgIpc) is 3.18. The minimum atomic E-state index is -3.34. The minimum absolute atomic E-state index is 0.00171. The van der Waals surface area contributed by atoms with Crippen LogP contribution >= 0.6 is 0 Å². The third-order valence-electron chi connectivity index (χ3n) is 5.81. The van der Waals surface area contributed by atoms with Crippen molar-refractivity contribution in [1.82, 2.24) is 13.8 Å². The number of carbonyl (C=O) groups excluding carboxylic acids is 1. The summed E-state index contributed by atoms with van der Waals surface area (Å²) in [4.78, 5) is 27.9. The summed E-state index contributed by atoms with van der Waals surface area (Å²) in [5.74, 6) is -0.324. The molecule has 2 aliphatic heterocycles. The molecule has 3 heterocycles. The number of hydrogen-bond donors (Lipinski definition) is 0. The number of pyridine rings is 1. The van der Waals surface area contributed by atoms with Crippen molar-refractivity contribution in [1.29, 1.82) is 0 Å². The van der Waals surface area contributed by atoms with Gasteiger partial charge in [0.15, 0.2) is 0 Å². The predicted molar refractivity (Wildman–Crippen MR) is 111 cm³/mol. The second-order valence-corrected chi connectivity index (χ2v) is 10.7. The van der Waals surface area contributed by atoms with Crippen molar-refractivity contribution >= 4 is 15.9 Å². The maximum atomic E-state index is 13.1. The SMILES string of the molecule is Cc1cc(C)n(C[C@H]2CCCO2)c(=O)c1C(=O)N1CCN(S(=O)(=O)C(C)C)CC1. The van der Waals surface area contributed by atoms with Crippen LogP contribution in [0.2, 0.25) is 0 Å². The van der Waals surface area contributed by atoms with E-state index >= 15 is 0 Å². The Hall–Kier alpha value is -1.71. The Kier molecular flexibility index (Phi) is 6.50. The highest BCUT2D eigenvalue weighted by molar-refractivity contribution is 7.89. The Morgan fingerprint density at radius 1 is 1.21 bits per heavy atom. The van der Waals surface area contributed by atoms with Crippen LogP contribution in [-0.4, -0.2) is 72.2 Å². The van der Waals surface area contributed by atoms with E-state index in [0.717, 1.165) is 18.5 Å². The molecule has 0 spiro atoms. The molecule has 1 aromatic heterocycles. The number of aromatic nitrogens is 1. The van der Waals surface area contributed by atoms with Crippen molar-refractivity contribution in [3.63, 3.8) is 0 Å². The highest BCUT2D eigenvalue weighted by atomic mass is 32.2. The first-order valence-corrected chi connectivity index (χ1v) is 11.7. The van der Waals surface area contributed by atoms with Crippen LogP contribution < -0.4 is 5.56 Å². The van der Waals surface area contributed by atoms with Gasteiger partial charge in [-0.05, 0) is 52.2 Å². The fourth-order valence-corrected chi connectivity index (χ4v) is 5.28. The average molecular weight is 426 g/mol. The van der Waals surface area contributed by atoms with Crippen LogP contribution in [0.4, 0.5) is 0 Å². The van der Waals surface area contributed by atoms with Crippen molar-refractivity contribution in [2.45, 2.75) is 58.4 Å². The van der Waals surface area contributed by atoms with Crippen LogP contribution in [0.5, 0.6) is 0 Å². The summed E-state index contributed by atoms with van der Waals surface area (Å²) in [6.45, 7) is 9.17. The molecular formula is C20H31N3O5S. The highest BCUT2D eigenvalue weighted by Crippen LogP contribution is 2.18. The molecule has 0 aromatic carbocycles. The van der Waals surface area contributed by atoms with Gasteiger partial charge in [0.05, 0.1) is 17.9 Å². The van der Waals surface area contributed by atoms with Crippen molar-refractivity contribution in [3.05, 3.63) is 33.2 Å². The van der Waals surface area contributed by atoms with Crippen LogP contribution in [0.3, 0.4) is 0 Å². The number of carbonyl (C=O) groups is 1. The predicted octanol–water partition coefficient (Wildman–Crippen LogP) is 1.14. The Balaban J connectivity index is 1.80. The molecule has 1 aromatic rings. The zero-order chi connectivity index (χ0) is 21.3. The number of aryl methyl sites for hydroxylation is 2. The molecule has 0 saturated carbocycles. The molecule has 162 valence electrons.